The molecule has 1 fully saturated rings. The van der Waals surface area contributed by atoms with Crippen LogP contribution in [0.1, 0.15) is 104 Å². The lowest BCUT2D eigenvalue weighted by Crippen LogP contribution is -2.50. The molecule has 0 unspecified atom stereocenters. The van der Waals surface area contributed by atoms with Gasteiger partial charge in [0.15, 0.2) is 0 Å². The van der Waals surface area contributed by atoms with Crippen LogP contribution in [0.4, 0.5) is 0 Å². The van der Waals surface area contributed by atoms with Gasteiger partial charge in [0.25, 0.3) is 0 Å². The van der Waals surface area contributed by atoms with Crippen LogP contribution in [0.15, 0.2) is 30.3 Å². The maximum Gasteiger partial charge on any atom is 0.246 e. The average molecular weight is 542 g/mol. The lowest BCUT2D eigenvalue weighted by atomic mass is 9.89. The fourth-order valence-electron chi connectivity index (χ4n) is 4.65. The van der Waals surface area contributed by atoms with Gasteiger partial charge in [0.2, 0.25) is 11.8 Å². The first-order chi connectivity index (χ1) is 18.9. The maximum atomic E-state index is 12.7. The van der Waals surface area contributed by atoms with Crippen molar-refractivity contribution in [3.63, 3.8) is 0 Å². The van der Waals surface area contributed by atoms with Crippen LogP contribution < -0.4 is 10.1 Å². The van der Waals surface area contributed by atoms with Crippen molar-refractivity contribution in [2.75, 3.05) is 45.9 Å². The number of carbonyl (C=O) groups is 2. The lowest BCUT2D eigenvalue weighted by Gasteiger charge is -2.34. The Morgan fingerprint density at radius 1 is 0.872 bits per heavy atom. The van der Waals surface area contributed by atoms with E-state index < -0.39 is 0 Å². The molecule has 1 saturated heterocycles. The number of nitrogens with zero attached hydrogens (tertiary/aromatic N) is 2. The van der Waals surface area contributed by atoms with Gasteiger partial charge in [0, 0.05) is 50.8 Å². The van der Waals surface area contributed by atoms with Crippen molar-refractivity contribution in [2.45, 2.75) is 98.3 Å². The van der Waals surface area contributed by atoms with Crippen LogP contribution in [0.5, 0.6) is 5.75 Å². The number of hydrogen-bond donors (Lipinski definition) is 1. The number of rotatable bonds is 19. The van der Waals surface area contributed by atoms with Crippen LogP contribution >= 0.6 is 0 Å². The van der Waals surface area contributed by atoms with Gasteiger partial charge in [-0.3, -0.25) is 14.5 Å². The van der Waals surface area contributed by atoms with Gasteiger partial charge in [-0.2, -0.15) is 0 Å². The molecule has 0 bridgehead atoms. The summed E-state index contributed by atoms with van der Waals surface area (Å²) in [6.07, 6.45) is 17.6. The lowest BCUT2D eigenvalue weighted by molar-refractivity contribution is -0.129. The number of amides is 2. The Labute approximate surface area is 238 Å². The first-order valence-corrected chi connectivity index (χ1v) is 15.6. The Morgan fingerprint density at radius 2 is 1.46 bits per heavy atom. The van der Waals surface area contributed by atoms with E-state index in [9.17, 15) is 9.59 Å². The van der Waals surface area contributed by atoms with Gasteiger partial charge in [-0.1, -0.05) is 97.6 Å². The molecule has 1 heterocycles. The van der Waals surface area contributed by atoms with E-state index in [1.165, 1.54) is 57.8 Å². The first kappa shape index (κ1) is 32.9. The predicted molar refractivity (Wildman–Crippen MR) is 163 cm³/mol. The third kappa shape index (κ3) is 13.5. The quantitative estimate of drug-likeness (QED) is 0.156. The van der Waals surface area contributed by atoms with Gasteiger partial charge in [-0.25, -0.2) is 0 Å². The molecule has 0 saturated carbocycles. The second kappa shape index (κ2) is 18.9. The minimum absolute atomic E-state index is 0.0499. The summed E-state index contributed by atoms with van der Waals surface area (Å²) in [5.74, 6) is 1.05. The number of ether oxygens (including phenoxy) is 1. The van der Waals surface area contributed by atoms with E-state index in [0.29, 0.717) is 19.6 Å². The standard InChI is InChI=1S/C33H55N3O3/c1-5-7-8-9-10-11-12-13-14-15-28-39-30-19-16-29(17-20-30)18-21-31(37)36-26-24-35(25-27-36)23-22-34-32(38)33(3,4)6-2/h16-21H,5-15,22-28H2,1-4H3,(H,34,38)/b21-18+. The van der Waals surface area contributed by atoms with E-state index in [2.05, 4.69) is 17.1 Å². The summed E-state index contributed by atoms with van der Waals surface area (Å²) in [6, 6.07) is 7.98. The topological polar surface area (TPSA) is 61.9 Å². The highest BCUT2D eigenvalue weighted by atomic mass is 16.5. The van der Waals surface area contributed by atoms with Crippen molar-refractivity contribution in [1.29, 1.82) is 0 Å². The van der Waals surface area contributed by atoms with Crippen LogP contribution in [0.3, 0.4) is 0 Å². The smallest absolute Gasteiger partial charge is 0.246 e. The third-order valence-corrected chi connectivity index (χ3v) is 7.96. The Balaban J connectivity index is 1.56. The number of hydrogen-bond acceptors (Lipinski definition) is 4. The molecule has 1 aliphatic heterocycles. The van der Waals surface area contributed by atoms with Gasteiger partial charge in [-0.15, -0.1) is 0 Å². The van der Waals surface area contributed by atoms with E-state index >= 15 is 0 Å². The summed E-state index contributed by atoms with van der Waals surface area (Å²) in [5, 5.41) is 3.05. The number of unbranched alkanes of at least 4 members (excludes halogenated alkanes) is 9. The molecule has 39 heavy (non-hydrogen) atoms. The fraction of sp³-hybridized carbons (Fsp3) is 0.697. The van der Waals surface area contributed by atoms with Gasteiger partial charge in [0.05, 0.1) is 6.61 Å². The minimum Gasteiger partial charge on any atom is -0.494 e. The van der Waals surface area contributed by atoms with Gasteiger partial charge in [0.1, 0.15) is 5.75 Å². The van der Waals surface area contributed by atoms with Crippen LogP contribution in [0, 0.1) is 5.41 Å². The molecule has 0 spiro atoms. The molecule has 2 rings (SSSR count). The van der Waals surface area contributed by atoms with E-state index in [-0.39, 0.29) is 17.2 Å². The van der Waals surface area contributed by atoms with Crippen molar-refractivity contribution in [2.24, 2.45) is 5.41 Å². The Morgan fingerprint density at radius 3 is 2.05 bits per heavy atom. The summed E-state index contributed by atoms with van der Waals surface area (Å²) in [7, 11) is 0. The van der Waals surface area contributed by atoms with Crippen molar-refractivity contribution < 1.29 is 14.3 Å². The SMILES string of the molecule is CCCCCCCCCCCCOc1ccc(/C=C/C(=O)N2CCN(CCNC(=O)C(C)(C)CC)CC2)cc1. The molecule has 6 nitrogen and oxygen atoms in total. The minimum atomic E-state index is -0.322. The highest BCUT2D eigenvalue weighted by Crippen LogP contribution is 2.19. The predicted octanol–water partition coefficient (Wildman–Crippen LogP) is 6.70. The Hall–Kier alpha value is -2.34. The molecular weight excluding hydrogens is 486 g/mol. The number of nitrogens with one attached hydrogen (secondary N) is 1. The molecule has 0 atom stereocenters. The molecule has 0 aliphatic carbocycles. The average Bonchev–Trinajstić information content (AvgIpc) is 2.95. The normalized spacial score (nSPS) is 14.6. The fourth-order valence-corrected chi connectivity index (χ4v) is 4.65. The molecule has 0 aromatic heterocycles. The van der Waals surface area contributed by atoms with Crippen LogP contribution in [-0.4, -0.2) is 67.5 Å². The van der Waals surface area contributed by atoms with Crippen LogP contribution in [0.25, 0.3) is 6.08 Å². The summed E-state index contributed by atoms with van der Waals surface area (Å²) in [5.41, 5.74) is 0.677. The maximum absolute atomic E-state index is 12.7. The molecular formula is C33H55N3O3. The zero-order valence-electron chi connectivity index (χ0n) is 25.3. The third-order valence-electron chi connectivity index (χ3n) is 7.96. The summed E-state index contributed by atoms with van der Waals surface area (Å²) >= 11 is 0. The Bertz CT molecular complexity index is 842. The van der Waals surface area contributed by atoms with Crippen LogP contribution in [-0.2, 0) is 9.59 Å². The number of carbonyl (C=O) groups excluding carboxylic acids is 2. The highest BCUT2D eigenvalue weighted by Gasteiger charge is 2.25. The van der Waals surface area contributed by atoms with Gasteiger partial charge in [-0.05, 0) is 36.6 Å². The van der Waals surface area contributed by atoms with Crippen LogP contribution in [0.2, 0.25) is 0 Å². The largest absolute Gasteiger partial charge is 0.494 e. The summed E-state index contributed by atoms with van der Waals surface area (Å²) in [4.78, 5) is 29.1. The number of piperazine rings is 1. The molecule has 1 aliphatic rings. The monoisotopic (exact) mass is 541 g/mol. The van der Waals surface area contributed by atoms with Crippen molar-refractivity contribution in [1.82, 2.24) is 15.1 Å². The zero-order valence-corrected chi connectivity index (χ0v) is 25.3. The summed E-state index contributed by atoms with van der Waals surface area (Å²) in [6.45, 7) is 13.6. The molecule has 2 amide bonds. The van der Waals surface area contributed by atoms with E-state index in [1.807, 2.05) is 56.0 Å². The summed E-state index contributed by atoms with van der Waals surface area (Å²) < 4.78 is 5.90. The molecule has 1 aromatic carbocycles. The molecule has 1 N–H and O–H groups in total. The first-order valence-electron chi connectivity index (χ1n) is 15.6. The Kier molecular flexibility index (Phi) is 15.9. The number of benzene rings is 1. The van der Waals surface area contributed by atoms with Gasteiger partial charge >= 0.3 is 0 Å². The van der Waals surface area contributed by atoms with Gasteiger partial charge < -0.3 is 15.0 Å². The van der Waals surface area contributed by atoms with Crippen molar-refractivity contribution >= 4 is 17.9 Å². The molecule has 6 heteroatoms. The van der Waals surface area contributed by atoms with E-state index in [4.69, 9.17) is 4.74 Å². The highest BCUT2D eigenvalue weighted by molar-refractivity contribution is 5.91. The molecule has 220 valence electrons. The van der Waals surface area contributed by atoms with Crippen molar-refractivity contribution in [3.05, 3.63) is 35.9 Å². The van der Waals surface area contributed by atoms with E-state index in [0.717, 1.165) is 50.4 Å². The van der Waals surface area contributed by atoms with Crippen molar-refractivity contribution in [3.8, 4) is 5.75 Å². The molecule has 1 aromatic rings. The van der Waals surface area contributed by atoms with E-state index in [1.54, 1.807) is 6.08 Å². The second-order valence-electron chi connectivity index (χ2n) is 11.6. The zero-order chi connectivity index (χ0) is 28.3. The molecule has 0 radical (unpaired) electrons. The second-order valence-corrected chi connectivity index (χ2v) is 11.6.